The highest BCUT2D eigenvalue weighted by Crippen LogP contribution is 2.14. The van der Waals surface area contributed by atoms with E-state index < -0.39 is 0 Å². The van der Waals surface area contributed by atoms with Gasteiger partial charge in [0.05, 0.1) is 7.11 Å². The van der Waals surface area contributed by atoms with Crippen molar-refractivity contribution in [3.05, 3.63) is 29.8 Å². The van der Waals surface area contributed by atoms with Crippen LogP contribution in [0.15, 0.2) is 24.3 Å². The van der Waals surface area contributed by atoms with Gasteiger partial charge in [-0.25, -0.2) is 0 Å². The van der Waals surface area contributed by atoms with E-state index in [2.05, 4.69) is 13.8 Å². The first kappa shape index (κ1) is 15.7. The van der Waals surface area contributed by atoms with Crippen LogP contribution in [-0.4, -0.2) is 25.6 Å². The Bertz CT molecular complexity index is 381. The average Bonchev–Trinajstić information content (AvgIpc) is 2.42. The van der Waals surface area contributed by atoms with Crippen molar-refractivity contribution >= 4 is 5.78 Å². The van der Waals surface area contributed by atoms with Crippen LogP contribution < -0.4 is 4.74 Å². The van der Waals surface area contributed by atoms with Crippen LogP contribution in [0.25, 0.3) is 0 Å². The summed E-state index contributed by atoms with van der Waals surface area (Å²) in [7, 11) is 1.61. The molecule has 1 aromatic carbocycles. The molecule has 0 saturated carbocycles. The van der Waals surface area contributed by atoms with E-state index in [0.29, 0.717) is 18.1 Å². The predicted molar refractivity (Wildman–Crippen MR) is 76.8 cm³/mol. The molecule has 0 spiro atoms. The van der Waals surface area contributed by atoms with Crippen LogP contribution in [0.2, 0.25) is 0 Å². The minimum atomic E-state index is -0.388. The Morgan fingerprint density at radius 3 is 2.32 bits per heavy atom. The van der Waals surface area contributed by atoms with Crippen LogP contribution in [-0.2, 0) is 4.74 Å². The minimum absolute atomic E-state index is 0.0206. The second-order valence-electron chi connectivity index (χ2n) is 5.14. The van der Waals surface area contributed by atoms with Gasteiger partial charge in [-0.05, 0) is 49.9 Å². The second kappa shape index (κ2) is 7.95. The zero-order valence-electron chi connectivity index (χ0n) is 12.3. The van der Waals surface area contributed by atoms with Crippen LogP contribution in [0.4, 0.5) is 0 Å². The number of ketones is 1. The fraction of sp³-hybridized carbons (Fsp3) is 0.562. The van der Waals surface area contributed by atoms with Gasteiger partial charge in [0.2, 0.25) is 0 Å². The summed E-state index contributed by atoms with van der Waals surface area (Å²) in [5.41, 5.74) is 0.664. The van der Waals surface area contributed by atoms with Crippen LogP contribution in [0.3, 0.4) is 0 Å². The topological polar surface area (TPSA) is 35.5 Å². The van der Waals surface area contributed by atoms with Crippen LogP contribution >= 0.6 is 0 Å². The molecule has 0 aliphatic carbocycles. The molecule has 0 aromatic heterocycles. The molecule has 0 saturated heterocycles. The van der Waals surface area contributed by atoms with Gasteiger partial charge >= 0.3 is 0 Å². The molecule has 1 aromatic rings. The smallest absolute Gasteiger partial charge is 0.191 e. The number of rotatable bonds is 8. The molecular weight excluding hydrogens is 240 g/mol. The van der Waals surface area contributed by atoms with E-state index in [-0.39, 0.29) is 11.9 Å². The lowest BCUT2D eigenvalue weighted by molar-refractivity contribution is 0.0458. The third kappa shape index (κ3) is 5.43. The Balaban J connectivity index is 2.42. The molecular formula is C16H24O3. The molecule has 0 aliphatic heterocycles. The molecule has 0 radical (unpaired) electrons. The maximum absolute atomic E-state index is 12.1. The summed E-state index contributed by atoms with van der Waals surface area (Å²) < 4.78 is 10.7. The van der Waals surface area contributed by atoms with Crippen molar-refractivity contribution in [1.82, 2.24) is 0 Å². The van der Waals surface area contributed by atoms with Crippen LogP contribution in [0.1, 0.15) is 44.0 Å². The van der Waals surface area contributed by atoms with E-state index in [9.17, 15) is 4.79 Å². The van der Waals surface area contributed by atoms with Gasteiger partial charge in [0.15, 0.2) is 5.78 Å². The summed E-state index contributed by atoms with van der Waals surface area (Å²) in [4.78, 5) is 12.1. The average molecular weight is 264 g/mol. The molecule has 3 nitrogen and oxygen atoms in total. The van der Waals surface area contributed by atoms with Gasteiger partial charge in [0, 0.05) is 12.2 Å². The first-order valence-electron chi connectivity index (χ1n) is 6.84. The van der Waals surface area contributed by atoms with Crippen molar-refractivity contribution in [2.45, 2.75) is 39.7 Å². The van der Waals surface area contributed by atoms with Crippen molar-refractivity contribution in [1.29, 1.82) is 0 Å². The molecule has 0 bridgehead atoms. The highest BCUT2D eigenvalue weighted by Gasteiger charge is 2.15. The Morgan fingerprint density at radius 1 is 1.16 bits per heavy atom. The largest absolute Gasteiger partial charge is 0.497 e. The standard InChI is InChI=1S/C16H24O3/c1-12(2)6-5-11-19-13(3)16(17)14-7-9-15(18-4)10-8-14/h7-10,12-13H,5-6,11H2,1-4H3. The zero-order chi connectivity index (χ0) is 14.3. The summed E-state index contributed by atoms with van der Waals surface area (Å²) in [5, 5.41) is 0. The van der Waals surface area contributed by atoms with E-state index in [4.69, 9.17) is 9.47 Å². The van der Waals surface area contributed by atoms with Gasteiger partial charge in [-0.1, -0.05) is 13.8 Å². The van der Waals surface area contributed by atoms with Gasteiger partial charge < -0.3 is 9.47 Å². The van der Waals surface area contributed by atoms with Gasteiger partial charge in [-0.15, -0.1) is 0 Å². The number of carbonyl (C=O) groups is 1. The predicted octanol–water partition coefficient (Wildman–Crippen LogP) is 3.72. The van der Waals surface area contributed by atoms with Crippen LogP contribution in [0.5, 0.6) is 5.75 Å². The quantitative estimate of drug-likeness (QED) is 0.530. The van der Waals surface area contributed by atoms with Gasteiger partial charge in [0.25, 0.3) is 0 Å². The molecule has 0 fully saturated rings. The van der Waals surface area contributed by atoms with E-state index in [1.165, 1.54) is 0 Å². The lowest BCUT2D eigenvalue weighted by Crippen LogP contribution is -2.21. The first-order chi connectivity index (χ1) is 9.04. The maximum atomic E-state index is 12.1. The summed E-state index contributed by atoms with van der Waals surface area (Å²) in [6.07, 6.45) is 1.74. The number of ether oxygens (including phenoxy) is 2. The third-order valence-electron chi connectivity index (χ3n) is 3.04. The first-order valence-corrected chi connectivity index (χ1v) is 6.84. The number of methoxy groups -OCH3 is 1. The SMILES string of the molecule is COc1ccc(C(=O)C(C)OCCCC(C)C)cc1. The number of Topliss-reactive ketones (excluding diaryl/α,β-unsaturated/α-hetero) is 1. The van der Waals surface area contributed by atoms with Crippen molar-refractivity contribution in [2.24, 2.45) is 5.92 Å². The number of carbonyl (C=O) groups excluding carboxylic acids is 1. The molecule has 1 rings (SSSR count). The monoisotopic (exact) mass is 264 g/mol. The molecule has 0 aliphatic rings. The highest BCUT2D eigenvalue weighted by molar-refractivity contribution is 5.99. The molecule has 1 atom stereocenters. The Hall–Kier alpha value is -1.35. The molecule has 0 N–H and O–H groups in total. The normalized spacial score (nSPS) is 12.5. The summed E-state index contributed by atoms with van der Waals surface area (Å²) >= 11 is 0. The molecule has 106 valence electrons. The van der Waals surface area contributed by atoms with Crippen molar-refractivity contribution in [3.8, 4) is 5.75 Å². The summed E-state index contributed by atoms with van der Waals surface area (Å²) in [6, 6.07) is 7.13. The summed E-state index contributed by atoms with van der Waals surface area (Å²) in [5.74, 6) is 1.45. The molecule has 0 heterocycles. The van der Waals surface area contributed by atoms with E-state index in [1.807, 2.05) is 6.92 Å². The van der Waals surface area contributed by atoms with Crippen molar-refractivity contribution in [3.63, 3.8) is 0 Å². The number of hydrogen-bond donors (Lipinski definition) is 0. The fourth-order valence-corrected chi connectivity index (χ4v) is 1.82. The number of hydrogen-bond acceptors (Lipinski definition) is 3. The van der Waals surface area contributed by atoms with Crippen molar-refractivity contribution in [2.75, 3.05) is 13.7 Å². The lowest BCUT2D eigenvalue weighted by Gasteiger charge is -2.13. The second-order valence-corrected chi connectivity index (χ2v) is 5.14. The zero-order valence-corrected chi connectivity index (χ0v) is 12.3. The maximum Gasteiger partial charge on any atom is 0.191 e. The van der Waals surface area contributed by atoms with Gasteiger partial charge in [0.1, 0.15) is 11.9 Å². The minimum Gasteiger partial charge on any atom is -0.497 e. The molecule has 19 heavy (non-hydrogen) atoms. The Kier molecular flexibility index (Phi) is 6.57. The molecule has 3 heteroatoms. The number of benzene rings is 1. The van der Waals surface area contributed by atoms with E-state index in [1.54, 1.807) is 31.4 Å². The van der Waals surface area contributed by atoms with Gasteiger partial charge in [-0.2, -0.15) is 0 Å². The van der Waals surface area contributed by atoms with Crippen LogP contribution in [0, 0.1) is 5.92 Å². The lowest BCUT2D eigenvalue weighted by atomic mass is 10.1. The Labute approximate surface area is 115 Å². The van der Waals surface area contributed by atoms with E-state index in [0.717, 1.165) is 18.6 Å². The molecule has 1 unspecified atom stereocenters. The summed E-state index contributed by atoms with van der Waals surface area (Å²) in [6.45, 7) is 6.82. The molecule has 0 amide bonds. The van der Waals surface area contributed by atoms with Gasteiger partial charge in [-0.3, -0.25) is 4.79 Å². The van der Waals surface area contributed by atoms with E-state index >= 15 is 0 Å². The highest BCUT2D eigenvalue weighted by atomic mass is 16.5. The fourth-order valence-electron chi connectivity index (χ4n) is 1.82. The van der Waals surface area contributed by atoms with Crippen molar-refractivity contribution < 1.29 is 14.3 Å². The third-order valence-corrected chi connectivity index (χ3v) is 3.04. The Morgan fingerprint density at radius 2 is 1.79 bits per heavy atom.